The van der Waals surface area contributed by atoms with E-state index in [1.807, 2.05) is 31.3 Å². The van der Waals surface area contributed by atoms with Gasteiger partial charge in [0.2, 0.25) is 0 Å². The zero-order valence-corrected chi connectivity index (χ0v) is 7.88. The molecule has 0 amide bonds. The molecule has 0 aliphatic rings. The lowest BCUT2D eigenvalue weighted by Gasteiger charge is -2.08. The molecule has 0 atom stereocenters. The smallest absolute Gasteiger partial charge is 0.0406 e. The fraction of sp³-hybridized carbons (Fsp3) is 0.333. The second kappa shape index (κ2) is 4.45. The second-order valence-corrected chi connectivity index (χ2v) is 3.29. The highest BCUT2D eigenvalue weighted by Gasteiger charge is 1.94. The summed E-state index contributed by atoms with van der Waals surface area (Å²) in [5, 5.41) is 2.45. The average Bonchev–Trinajstić information content (AvgIpc) is 2.03. The quantitative estimate of drug-likeness (QED) is 0.572. The predicted octanol–water partition coefficient (Wildman–Crippen LogP) is 1.69. The standard InChI is InChI=1S/C9H13ClN2/c1-12(11)7-6-8-2-4-9(10)5-3-8/h2-5H,6-7,11H2,1H3. The number of hydrazine groups is 1. The van der Waals surface area contributed by atoms with Crippen LogP contribution in [0.25, 0.3) is 0 Å². The summed E-state index contributed by atoms with van der Waals surface area (Å²) >= 11 is 5.74. The summed E-state index contributed by atoms with van der Waals surface area (Å²) in [6, 6.07) is 7.83. The third kappa shape index (κ3) is 3.22. The maximum absolute atomic E-state index is 5.74. The molecule has 0 fully saturated rings. The first-order chi connectivity index (χ1) is 5.68. The van der Waals surface area contributed by atoms with Gasteiger partial charge >= 0.3 is 0 Å². The van der Waals surface area contributed by atoms with Crippen LogP contribution in [0.2, 0.25) is 5.02 Å². The molecule has 0 bridgehead atoms. The number of hydrogen-bond donors (Lipinski definition) is 1. The van der Waals surface area contributed by atoms with E-state index in [0.717, 1.165) is 18.0 Å². The lowest BCUT2D eigenvalue weighted by Crippen LogP contribution is -2.28. The van der Waals surface area contributed by atoms with Crippen molar-refractivity contribution in [1.29, 1.82) is 0 Å². The number of hydrogen-bond acceptors (Lipinski definition) is 2. The Morgan fingerprint density at radius 3 is 2.42 bits per heavy atom. The molecule has 0 aliphatic carbocycles. The number of benzene rings is 1. The fourth-order valence-electron chi connectivity index (χ4n) is 0.957. The molecular formula is C9H13ClN2. The van der Waals surface area contributed by atoms with E-state index in [-0.39, 0.29) is 0 Å². The van der Waals surface area contributed by atoms with Crippen molar-refractivity contribution in [2.45, 2.75) is 6.42 Å². The first-order valence-corrected chi connectivity index (χ1v) is 4.26. The van der Waals surface area contributed by atoms with Crippen LogP contribution in [0.5, 0.6) is 0 Å². The van der Waals surface area contributed by atoms with Crippen LogP contribution in [0.3, 0.4) is 0 Å². The van der Waals surface area contributed by atoms with E-state index in [4.69, 9.17) is 17.4 Å². The number of likely N-dealkylation sites (N-methyl/N-ethyl adjacent to an activating group) is 1. The minimum Gasteiger partial charge on any atom is -0.269 e. The van der Waals surface area contributed by atoms with Crippen LogP contribution in [0.1, 0.15) is 5.56 Å². The molecule has 0 heterocycles. The summed E-state index contributed by atoms with van der Waals surface area (Å²) in [4.78, 5) is 0. The summed E-state index contributed by atoms with van der Waals surface area (Å²) in [5.74, 6) is 5.48. The molecule has 3 heteroatoms. The molecule has 0 radical (unpaired) electrons. The third-order valence-electron chi connectivity index (χ3n) is 1.67. The highest BCUT2D eigenvalue weighted by molar-refractivity contribution is 6.30. The van der Waals surface area contributed by atoms with E-state index in [1.54, 1.807) is 5.01 Å². The first-order valence-electron chi connectivity index (χ1n) is 3.89. The van der Waals surface area contributed by atoms with Crippen molar-refractivity contribution < 1.29 is 0 Å². The Hall–Kier alpha value is -0.570. The van der Waals surface area contributed by atoms with Crippen LogP contribution in [-0.2, 0) is 6.42 Å². The maximum Gasteiger partial charge on any atom is 0.0406 e. The average molecular weight is 185 g/mol. The number of rotatable bonds is 3. The minimum absolute atomic E-state index is 0.778. The van der Waals surface area contributed by atoms with Gasteiger partial charge in [-0.1, -0.05) is 23.7 Å². The second-order valence-electron chi connectivity index (χ2n) is 2.86. The van der Waals surface area contributed by atoms with Gasteiger partial charge in [0.1, 0.15) is 0 Å². The summed E-state index contributed by atoms with van der Waals surface area (Å²) in [6.45, 7) is 0.863. The summed E-state index contributed by atoms with van der Waals surface area (Å²) in [5.41, 5.74) is 1.26. The molecule has 12 heavy (non-hydrogen) atoms. The van der Waals surface area contributed by atoms with Gasteiger partial charge in [0.15, 0.2) is 0 Å². The van der Waals surface area contributed by atoms with E-state index in [9.17, 15) is 0 Å². The van der Waals surface area contributed by atoms with Crippen LogP contribution in [0.15, 0.2) is 24.3 Å². The van der Waals surface area contributed by atoms with Gasteiger partial charge in [0, 0.05) is 18.6 Å². The lowest BCUT2D eigenvalue weighted by molar-refractivity contribution is 0.354. The van der Waals surface area contributed by atoms with Crippen LogP contribution in [0.4, 0.5) is 0 Å². The van der Waals surface area contributed by atoms with Crippen LogP contribution in [-0.4, -0.2) is 18.6 Å². The van der Waals surface area contributed by atoms with Gasteiger partial charge in [-0.3, -0.25) is 5.84 Å². The van der Waals surface area contributed by atoms with E-state index in [1.165, 1.54) is 5.56 Å². The lowest BCUT2D eigenvalue weighted by atomic mass is 10.1. The summed E-state index contributed by atoms with van der Waals surface area (Å²) in [6.07, 6.45) is 0.962. The molecule has 0 aromatic heterocycles. The van der Waals surface area contributed by atoms with Crippen molar-refractivity contribution >= 4 is 11.6 Å². The molecule has 0 saturated heterocycles. The summed E-state index contributed by atoms with van der Waals surface area (Å²) in [7, 11) is 1.86. The molecule has 0 aliphatic heterocycles. The molecule has 1 rings (SSSR count). The molecule has 0 saturated carbocycles. The van der Waals surface area contributed by atoms with Crippen molar-refractivity contribution in [2.75, 3.05) is 13.6 Å². The Bertz CT molecular complexity index is 231. The monoisotopic (exact) mass is 184 g/mol. The van der Waals surface area contributed by atoms with E-state index < -0.39 is 0 Å². The highest BCUT2D eigenvalue weighted by Crippen LogP contribution is 2.09. The fourth-order valence-corrected chi connectivity index (χ4v) is 1.08. The highest BCUT2D eigenvalue weighted by atomic mass is 35.5. The molecule has 0 unspecified atom stereocenters. The Kier molecular flexibility index (Phi) is 3.53. The number of nitrogens with zero attached hydrogens (tertiary/aromatic N) is 1. The SMILES string of the molecule is CN(N)CCc1ccc(Cl)cc1. The van der Waals surface area contributed by atoms with Crippen molar-refractivity contribution in [2.24, 2.45) is 5.84 Å². The van der Waals surface area contributed by atoms with Crippen LogP contribution in [0, 0.1) is 0 Å². The largest absolute Gasteiger partial charge is 0.269 e. The minimum atomic E-state index is 0.778. The molecule has 1 aromatic rings. The molecule has 1 aromatic carbocycles. The first kappa shape index (κ1) is 9.52. The number of nitrogens with two attached hydrogens (primary N) is 1. The van der Waals surface area contributed by atoms with E-state index >= 15 is 0 Å². The van der Waals surface area contributed by atoms with Crippen molar-refractivity contribution in [3.05, 3.63) is 34.9 Å². The number of halogens is 1. The van der Waals surface area contributed by atoms with Gasteiger partial charge < -0.3 is 0 Å². The Labute approximate surface area is 77.9 Å². The molecule has 2 N–H and O–H groups in total. The Balaban J connectivity index is 2.48. The van der Waals surface area contributed by atoms with Gasteiger partial charge in [-0.05, 0) is 24.1 Å². The molecule has 2 nitrogen and oxygen atoms in total. The normalized spacial score (nSPS) is 10.7. The molecular weight excluding hydrogens is 172 g/mol. The van der Waals surface area contributed by atoms with Gasteiger partial charge in [-0.15, -0.1) is 0 Å². The topological polar surface area (TPSA) is 29.3 Å². The van der Waals surface area contributed by atoms with Gasteiger partial charge in [-0.25, -0.2) is 5.01 Å². The zero-order valence-electron chi connectivity index (χ0n) is 7.13. The molecule has 66 valence electrons. The maximum atomic E-state index is 5.74. The molecule has 0 spiro atoms. The van der Waals surface area contributed by atoms with E-state index in [0.29, 0.717) is 0 Å². The Morgan fingerprint density at radius 2 is 1.92 bits per heavy atom. The van der Waals surface area contributed by atoms with Crippen molar-refractivity contribution in [1.82, 2.24) is 5.01 Å². The predicted molar refractivity (Wildman–Crippen MR) is 52.0 cm³/mol. The van der Waals surface area contributed by atoms with Crippen molar-refractivity contribution in [3.63, 3.8) is 0 Å². The third-order valence-corrected chi connectivity index (χ3v) is 1.92. The van der Waals surface area contributed by atoms with Gasteiger partial charge in [0.05, 0.1) is 0 Å². The van der Waals surface area contributed by atoms with Crippen LogP contribution < -0.4 is 5.84 Å². The Morgan fingerprint density at radius 1 is 1.33 bits per heavy atom. The van der Waals surface area contributed by atoms with Crippen molar-refractivity contribution in [3.8, 4) is 0 Å². The van der Waals surface area contributed by atoms with Gasteiger partial charge in [-0.2, -0.15) is 0 Å². The summed E-state index contributed by atoms with van der Waals surface area (Å²) < 4.78 is 0. The van der Waals surface area contributed by atoms with E-state index in [2.05, 4.69) is 0 Å². The van der Waals surface area contributed by atoms with Crippen LogP contribution >= 0.6 is 11.6 Å². The van der Waals surface area contributed by atoms with Gasteiger partial charge in [0.25, 0.3) is 0 Å². The zero-order chi connectivity index (χ0) is 8.97.